The van der Waals surface area contributed by atoms with Crippen molar-refractivity contribution in [3.8, 4) is 11.4 Å². The molecule has 0 aliphatic carbocycles. The SMILES string of the molecule is C=CCn1c(SCc2cccs2)nnc1-c1ccccc1. The van der Waals surface area contributed by atoms with E-state index in [0.29, 0.717) is 6.54 Å². The Hall–Kier alpha value is -1.85. The maximum atomic E-state index is 4.35. The summed E-state index contributed by atoms with van der Waals surface area (Å²) in [5.41, 5.74) is 1.08. The van der Waals surface area contributed by atoms with Gasteiger partial charge < -0.3 is 0 Å². The summed E-state index contributed by atoms with van der Waals surface area (Å²) in [6.07, 6.45) is 1.88. The summed E-state index contributed by atoms with van der Waals surface area (Å²) in [5, 5.41) is 11.7. The lowest BCUT2D eigenvalue weighted by atomic mass is 10.2. The molecule has 0 fully saturated rings. The smallest absolute Gasteiger partial charge is 0.192 e. The molecule has 0 radical (unpaired) electrons. The molecule has 0 atom stereocenters. The molecule has 0 amide bonds. The molecule has 2 heterocycles. The molecule has 0 spiro atoms. The topological polar surface area (TPSA) is 30.7 Å². The fourth-order valence-corrected chi connectivity index (χ4v) is 3.74. The van der Waals surface area contributed by atoms with Crippen LogP contribution in [0.25, 0.3) is 11.4 Å². The van der Waals surface area contributed by atoms with E-state index in [0.717, 1.165) is 22.3 Å². The molecular weight excluding hydrogens is 298 g/mol. The van der Waals surface area contributed by atoms with Crippen molar-refractivity contribution < 1.29 is 0 Å². The van der Waals surface area contributed by atoms with Crippen LogP contribution in [-0.2, 0) is 12.3 Å². The number of hydrogen-bond donors (Lipinski definition) is 0. The summed E-state index contributed by atoms with van der Waals surface area (Å²) in [5.74, 6) is 1.81. The van der Waals surface area contributed by atoms with Crippen molar-refractivity contribution in [2.75, 3.05) is 0 Å². The number of thioether (sulfide) groups is 1. The minimum Gasteiger partial charge on any atom is -0.298 e. The van der Waals surface area contributed by atoms with Crippen LogP contribution in [0.15, 0.2) is 65.7 Å². The van der Waals surface area contributed by atoms with Gasteiger partial charge in [0.2, 0.25) is 0 Å². The van der Waals surface area contributed by atoms with E-state index >= 15 is 0 Å². The highest BCUT2D eigenvalue weighted by Gasteiger charge is 2.13. The van der Waals surface area contributed by atoms with Gasteiger partial charge in [0.15, 0.2) is 11.0 Å². The zero-order chi connectivity index (χ0) is 14.5. The van der Waals surface area contributed by atoms with Crippen LogP contribution in [0.3, 0.4) is 0 Å². The predicted octanol–water partition coefficient (Wildman–Crippen LogP) is 4.48. The molecule has 106 valence electrons. The van der Waals surface area contributed by atoms with Gasteiger partial charge in [0.05, 0.1) is 0 Å². The maximum Gasteiger partial charge on any atom is 0.192 e. The van der Waals surface area contributed by atoms with Gasteiger partial charge in [-0.3, -0.25) is 4.57 Å². The zero-order valence-corrected chi connectivity index (χ0v) is 13.1. The third kappa shape index (κ3) is 3.25. The molecule has 0 saturated heterocycles. The van der Waals surface area contributed by atoms with Crippen LogP contribution in [0.5, 0.6) is 0 Å². The van der Waals surface area contributed by atoms with E-state index in [1.807, 2.05) is 24.3 Å². The number of thiophene rings is 1. The first-order valence-electron chi connectivity index (χ1n) is 6.63. The van der Waals surface area contributed by atoms with Crippen molar-refractivity contribution in [2.45, 2.75) is 17.5 Å². The summed E-state index contributed by atoms with van der Waals surface area (Å²) in [4.78, 5) is 1.34. The van der Waals surface area contributed by atoms with Crippen molar-refractivity contribution in [2.24, 2.45) is 0 Å². The number of allylic oxidation sites excluding steroid dienone is 1. The van der Waals surface area contributed by atoms with Crippen molar-refractivity contribution in [1.82, 2.24) is 14.8 Å². The maximum absolute atomic E-state index is 4.35. The summed E-state index contributed by atoms with van der Waals surface area (Å²) in [6, 6.07) is 14.4. The monoisotopic (exact) mass is 313 g/mol. The van der Waals surface area contributed by atoms with Gasteiger partial charge in [-0.05, 0) is 11.4 Å². The second-order valence-electron chi connectivity index (χ2n) is 4.44. The van der Waals surface area contributed by atoms with Crippen LogP contribution in [0, 0.1) is 0 Å². The number of rotatable bonds is 6. The molecule has 0 N–H and O–H groups in total. The molecule has 3 nitrogen and oxygen atoms in total. The average molecular weight is 313 g/mol. The zero-order valence-electron chi connectivity index (χ0n) is 11.5. The van der Waals surface area contributed by atoms with E-state index in [1.54, 1.807) is 23.1 Å². The number of hydrogen-bond acceptors (Lipinski definition) is 4. The van der Waals surface area contributed by atoms with Crippen molar-refractivity contribution in [3.63, 3.8) is 0 Å². The molecular formula is C16H15N3S2. The van der Waals surface area contributed by atoms with Crippen LogP contribution in [0.4, 0.5) is 0 Å². The minimum absolute atomic E-state index is 0.712. The highest BCUT2D eigenvalue weighted by molar-refractivity contribution is 7.98. The Bertz CT molecular complexity index is 702. The Kier molecular flexibility index (Phi) is 4.52. The normalized spacial score (nSPS) is 10.7. The Balaban J connectivity index is 1.87. The van der Waals surface area contributed by atoms with Gasteiger partial charge in [-0.15, -0.1) is 28.1 Å². The van der Waals surface area contributed by atoms with Crippen molar-refractivity contribution in [1.29, 1.82) is 0 Å². The standard InChI is InChI=1S/C16H15N3S2/c1-2-10-19-15(13-7-4-3-5-8-13)17-18-16(19)21-12-14-9-6-11-20-14/h2-9,11H,1,10,12H2. The lowest BCUT2D eigenvalue weighted by Gasteiger charge is -2.07. The first kappa shape index (κ1) is 14.1. The second kappa shape index (κ2) is 6.74. The first-order valence-corrected chi connectivity index (χ1v) is 8.49. The van der Waals surface area contributed by atoms with E-state index in [9.17, 15) is 0 Å². The highest BCUT2D eigenvalue weighted by atomic mass is 32.2. The van der Waals surface area contributed by atoms with Gasteiger partial charge in [-0.25, -0.2) is 0 Å². The van der Waals surface area contributed by atoms with Gasteiger partial charge >= 0.3 is 0 Å². The molecule has 0 unspecified atom stereocenters. The highest BCUT2D eigenvalue weighted by Crippen LogP contribution is 2.27. The second-order valence-corrected chi connectivity index (χ2v) is 6.41. The average Bonchev–Trinajstić information content (AvgIpc) is 3.16. The molecule has 1 aromatic carbocycles. The number of aromatic nitrogens is 3. The lowest BCUT2D eigenvalue weighted by Crippen LogP contribution is -2.00. The van der Waals surface area contributed by atoms with Crippen LogP contribution < -0.4 is 0 Å². The Labute approximate surface area is 132 Å². The molecule has 0 saturated carbocycles. The number of nitrogens with zero attached hydrogens (tertiary/aromatic N) is 3. The molecule has 3 aromatic rings. The summed E-state index contributed by atoms with van der Waals surface area (Å²) in [6.45, 7) is 4.55. The van der Waals surface area contributed by atoms with E-state index in [4.69, 9.17) is 0 Å². The van der Waals surface area contributed by atoms with Crippen LogP contribution >= 0.6 is 23.1 Å². The molecule has 21 heavy (non-hydrogen) atoms. The Morgan fingerprint density at radius 3 is 2.71 bits per heavy atom. The fraction of sp³-hybridized carbons (Fsp3) is 0.125. The summed E-state index contributed by atoms with van der Waals surface area (Å²) >= 11 is 3.48. The first-order chi connectivity index (χ1) is 10.4. The van der Waals surface area contributed by atoms with Crippen LogP contribution in [-0.4, -0.2) is 14.8 Å². The molecule has 0 bridgehead atoms. The molecule has 3 rings (SSSR count). The van der Waals surface area contributed by atoms with Gasteiger partial charge in [-0.1, -0.05) is 54.2 Å². The summed E-state index contributed by atoms with van der Waals surface area (Å²) < 4.78 is 2.11. The molecule has 0 aliphatic heterocycles. The van der Waals surface area contributed by atoms with Crippen LogP contribution in [0.1, 0.15) is 4.88 Å². The van der Waals surface area contributed by atoms with Gasteiger partial charge in [-0.2, -0.15) is 0 Å². The van der Waals surface area contributed by atoms with Gasteiger partial charge in [0.25, 0.3) is 0 Å². The van der Waals surface area contributed by atoms with E-state index in [1.165, 1.54) is 4.88 Å². The predicted molar refractivity (Wildman–Crippen MR) is 89.5 cm³/mol. The minimum atomic E-state index is 0.712. The third-order valence-corrected chi connectivity index (χ3v) is 5.06. The molecule has 5 heteroatoms. The Morgan fingerprint density at radius 2 is 2.00 bits per heavy atom. The lowest BCUT2D eigenvalue weighted by molar-refractivity contribution is 0.731. The molecule has 0 aliphatic rings. The Morgan fingerprint density at radius 1 is 1.14 bits per heavy atom. The quantitative estimate of drug-likeness (QED) is 0.496. The largest absolute Gasteiger partial charge is 0.298 e. The van der Waals surface area contributed by atoms with Crippen LogP contribution in [0.2, 0.25) is 0 Å². The van der Waals surface area contributed by atoms with E-state index in [-0.39, 0.29) is 0 Å². The number of benzene rings is 1. The summed E-state index contributed by atoms with van der Waals surface area (Å²) in [7, 11) is 0. The van der Waals surface area contributed by atoms with E-state index in [2.05, 4.69) is 51.0 Å². The van der Waals surface area contributed by atoms with Gasteiger partial charge in [0.1, 0.15) is 0 Å². The van der Waals surface area contributed by atoms with Gasteiger partial charge in [0, 0.05) is 22.7 Å². The van der Waals surface area contributed by atoms with Crippen molar-refractivity contribution >= 4 is 23.1 Å². The fourth-order valence-electron chi connectivity index (χ4n) is 2.02. The van der Waals surface area contributed by atoms with Crippen molar-refractivity contribution in [3.05, 3.63) is 65.4 Å². The molecule has 2 aromatic heterocycles. The third-order valence-electron chi connectivity index (χ3n) is 2.98. The van der Waals surface area contributed by atoms with E-state index < -0.39 is 0 Å².